The van der Waals surface area contributed by atoms with Crippen LogP contribution in [-0.2, 0) is 11.2 Å². The van der Waals surface area contributed by atoms with Crippen LogP contribution in [0.25, 0.3) is 0 Å². The molecule has 2 heterocycles. The van der Waals surface area contributed by atoms with Gasteiger partial charge in [-0.1, -0.05) is 12.4 Å². The van der Waals surface area contributed by atoms with Crippen LogP contribution in [0.15, 0.2) is 18.3 Å². The van der Waals surface area contributed by atoms with Crippen molar-refractivity contribution in [1.82, 2.24) is 15.2 Å². The van der Waals surface area contributed by atoms with Crippen LogP contribution in [0, 0.1) is 5.92 Å². The van der Waals surface area contributed by atoms with Crippen molar-refractivity contribution in [3.63, 3.8) is 0 Å². The Bertz CT molecular complexity index is 593. The number of nitrogens with zero attached hydrogens (tertiary/aromatic N) is 2. The van der Waals surface area contributed by atoms with Crippen LogP contribution in [-0.4, -0.2) is 59.1 Å². The number of aryl methyl sites for hydroxylation is 1. The van der Waals surface area contributed by atoms with E-state index in [0.717, 1.165) is 52.7 Å². The molecule has 3 rings (SSSR count). The largest absolute Gasteiger partial charge is 0.480 e. The van der Waals surface area contributed by atoms with Gasteiger partial charge in [-0.3, -0.25) is 14.7 Å². The van der Waals surface area contributed by atoms with Crippen molar-refractivity contribution in [1.29, 1.82) is 0 Å². The molecule has 3 N–H and O–H groups in total. The highest BCUT2D eigenvalue weighted by molar-refractivity contribution is 6.25. The molecule has 0 aromatic carbocycles. The molecule has 1 saturated heterocycles. The molecule has 1 aromatic heterocycles. The summed E-state index contributed by atoms with van der Waals surface area (Å²) in [7, 11) is 1.13. The summed E-state index contributed by atoms with van der Waals surface area (Å²) >= 11 is 0. The van der Waals surface area contributed by atoms with Crippen LogP contribution in [0.2, 0.25) is 6.32 Å². The average molecular weight is 358 g/mol. The predicted octanol–water partition coefficient (Wildman–Crippen LogP) is 1.63. The van der Waals surface area contributed by atoms with Crippen LogP contribution in [0.1, 0.15) is 49.4 Å². The fourth-order valence-electron chi connectivity index (χ4n) is 4.41. The van der Waals surface area contributed by atoms with E-state index in [1.807, 2.05) is 12.3 Å². The number of nitrogens with one attached hydrogen (secondary N) is 1. The maximum atomic E-state index is 11.7. The lowest BCUT2D eigenvalue weighted by Gasteiger charge is -2.40. The van der Waals surface area contributed by atoms with Crippen molar-refractivity contribution >= 4 is 13.5 Å². The number of likely N-dealkylation sites (tertiary alicyclic amines) is 1. The lowest BCUT2D eigenvalue weighted by molar-refractivity contribution is -0.141. The highest BCUT2D eigenvalue weighted by atomic mass is 16.4. The molecule has 7 heteroatoms. The maximum absolute atomic E-state index is 11.7. The normalized spacial score (nSPS) is 22.6. The van der Waals surface area contributed by atoms with E-state index in [1.165, 1.54) is 17.7 Å². The van der Waals surface area contributed by atoms with Crippen LogP contribution >= 0.6 is 0 Å². The molecule has 0 saturated carbocycles. The third-order valence-corrected chi connectivity index (χ3v) is 5.79. The van der Waals surface area contributed by atoms with Gasteiger partial charge in [-0.25, -0.2) is 0 Å². The molecule has 141 valence electrons. The first kappa shape index (κ1) is 19.3. The quantitative estimate of drug-likeness (QED) is 0.484. The number of aliphatic carboxylic acids is 1. The Hall–Kier alpha value is -1.44. The van der Waals surface area contributed by atoms with Crippen LogP contribution in [0.5, 0.6) is 0 Å². The Kier molecular flexibility index (Phi) is 7.05. The summed E-state index contributed by atoms with van der Waals surface area (Å²) in [6, 6.07) is 4.10. The molecule has 0 bridgehead atoms. The van der Waals surface area contributed by atoms with E-state index >= 15 is 0 Å². The molecular formula is C19H29BN3O3. The zero-order valence-corrected chi connectivity index (χ0v) is 15.3. The van der Waals surface area contributed by atoms with Gasteiger partial charge in [0.15, 0.2) is 0 Å². The zero-order chi connectivity index (χ0) is 18.4. The lowest BCUT2D eigenvalue weighted by atomic mass is 9.85. The van der Waals surface area contributed by atoms with Gasteiger partial charge >= 0.3 is 5.97 Å². The van der Waals surface area contributed by atoms with E-state index in [1.54, 1.807) is 0 Å². The minimum Gasteiger partial charge on any atom is -0.480 e. The first-order valence-corrected chi connectivity index (χ1v) is 9.80. The average Bonchev–Trinajstić information content (AvgIpc) is 2.67. The third kappa shape index (κ3) is 4.64. The van der Waals surface area contributed by atoms with Crippen LogP contribution in [0.3, 0.4) is 0 Å². The van der Waals surface area contributed by atoms with E-state index in [9.17, 15) is 9.90 Å². The van der Waals surface area contributed by atoms with E-state index < -0.39 is 12.0 Å². The summed E-state index contributed by atoms with van der Waals surface area (Å²) in [4.78, 5) is 18.8. The number of carbonyl (C=O) groups is 1. The highest BCUT2D eigenvalue weighted by Gasteiger charge is 2.34. The second-order valence-electron chi connectivity index (χ2n) is 7.42. The SMILES string of the molecule is O=C(O)C(NCCC[B]O)C1CCN(C2CCCc3cccnc32)CC1. The van der Waals surface area contributed by atoms with Gasteiger partial charge in [0.1, 0.15) is 6.04 Å². The van der Waals surface area contributed by atoms with Gasteiger partial charge in [0.25, 0.3) is 7.48 Å². The third-order valence-electron chi connectivity index (χ3n) is 5.79. The van der Waals surface area contributed by atoms with Gasteiger partial charge in [-0.05, 0) is 75.7 Å². The van der Waals surface area contributed by atoms with Crippen molar-refractivity contribution in [2.45, 2.75) is 56.9 Å². The van der Waals surface area contributed by atoms with Crippen molar-refractivity contribution < 1.29 is 14.9 Å². The van der Waals surface area contributed by atoms with Crippen LogP contribution < -0.4 is 5.32 Å². The summed E-state index contributed by atoms with van der Waals surface area (Å²) in [5.74, 6) is -0.602. The smallest absolute Gasteiger partial charge is 0.320 e. The minimum atomic E-state index is -0.763. The van der Waals surface area contributed by atoms with Gasteiger partial charge in [0, 0.05) is 6.20 Å². The molecule has 26 heavy (non-hydrogen) atoms. The number of carboxylic acid groups (broad SMARTS) is 1. The van der Waals surface area contributed by atoms with E-state index in [0.29, 0.717) is 18.9 Å². The zero-order valence-electron chi connectivity index (χ0n) is 15.3. The lowest BCUT2D eigenvalue weighted by Crippen LogP contribution is -2.48. The number of pyridine rings is 1. The summed E-state index contributed by atoms with van der Waals surface area (Å²) < 4.78 is 0. The summed E-state index contributed by atoms with van der Waals surface area (Å²) in [5, 5.41) is 21.5. The highest BCUT2D eigenvalue weighted by Crippen LogP contribution is 2.35. The molecule has 1 fully saturated rings. The predicted molar refractivity (Wildman–Crippen MR) is 101 cm³/mol. The van der Waals surface area contributed by atoms with Crippen molar-refractivity contribution in [3.05, 3.63) is 29.6 Å². The first-order chi connectivity index (χ1) is 12.7. The Morgan fingerprint density at radius 3 is 2.92 bits per heavy atom. The Labute approximate surface area is 156 Å². The number of hydrogen-bond acceptors (Lipinski definition) is 5. The fraction of sp³-hybridized carbons (Fsp3) is 0.684. The van der Waals surface area contributed by atoms with Gasteiger partial charge in [-0.2, -0.15) is 0 Å². The number of aromatic nitrogens is 1. The number of rotatable bonds is 8. The number of hydrogen-bond donors (Lipinski definition) is 3. The van der Waals surface area contributed by atoms with Gasteiger partial charge in [0.05, 0.1) is 11.7 Å². The standard InChI is InChI=1S/C19H29BN3O3/c24-19(25)18(22-11-3-9-20-26)15-7-12-23(13-8-15)16-6-1-4-14-5-2-10-21-17(14)16/h2,5,10,15-16,18,22,26H,1,3-4,6-9,11-13H2,(H,24,25). The van der Waals surface area contributed by atoms with Gasteiger partial charge < -0.3 is 15.4 Å². The van der Waals surface area contributed by atoms with Gasteiger partial charge in [-0.15, -0.1) is 0 Å². The second kappa shape index (κ2) is 9.49. The van der Waals surface area contributed by atoms with Crippen LogP contribution in [0.4, 0.5) is 0 Å². The molecule has 1 aliphatic carbocycles. The minimum absolute atomic E-state index is 0.161. The summed E-state index contributed by atoms with van der Waals surface area (Å²) in [6.07, 6.45) is 8.49. The van der Waals surface area contributed by atoms with Crippen molar-refractivity contribution in [2.75, 3.05) is 19.6 Å². The summed E-state index contributed by atoms with van der Waals surface area (Å²) in [6.45, 7) is 2.48. The monoisotopic (exact) mass is 358 g/mol. The maximum Gasteiger partial charge on any atom is 0.320 e. The fourth-order valence-corrected chi connectivity index (χ4v) is 4.41. The number of carboxylic acids is 1. The molecular weight excluding hydrogens is 329 g/mol. The Morgan fingerprint density at radius 1 is 1.38 bits per heavy atom. The van der Waals surface area contributed by atoms with E-state index in [-0.39, 0.29) is 5.92 Å². The molecule has 0 amide bonds. The molecule has 2 atom stereocenters. The first-order valence-electron chi connectivity index (χ1n) is 9.80. The van der Waals surface area contributed by atoms with E-state index in [4.69, 9.17) is 5.02 Å². The molecule has 2 unspecified atom stereocenters. The summed E-state index contributed by atoms with van der Waals surface area (Å²) in [5.41, 5.74) is 2.60. The topological polar surface area (TPSA) is 85.7 Å². The second-order valence-corrected chi connectivity index (χ2v) is 7.42. The number of piperidine rings is 1. The van der Waals surface area contributed by atoms with Gasteiger partial charge in [0.2, 0.25) is 0 Å². The molecule has 2 aliphatic rings. The molecule has 1 aliphatic heterocycles. The Balaban J connectivity index is 1.56. The molecule has 0 spiro atoms. The van der Waals surface area contributed by atoms with E-state index in [2.05, 4.69) is 21.3 Å². The van der Waals surface area contributed by atoms with Crippen molar-refractivity contribution in [2.24, 2.45) is 5.92 Å². The Morgan fingerprint density at radius 2 is 2.19 bits per heavy atom. The molecule has 6 nitrogen and oxygen atoms in total. The van der Waals surface area contributed by atoms with Crippen molar-refractivity contribution in [3.8, 4) is 0 Å². The number of fused-ring (bicyclic) bond motifs is 1. The molecule has 1 radical (unpaired) electrons. The molecule has 1 aromatic rings.